The van der Waals surface area contributed by atoms with Crippen molar-refractivity contribution < 1.29 is 59.8 Å². The summed E-state index contributed by atoms with van der Waals surface area (Å²) in [6.07, 6.45) is 0. The van der Waals surface area contributed by atoms with Gasteiger partial charge in [-0.25, -0.2) is 12.1 Å². The molecule has 0 amide bonds. The molecule has 2 rings (SSSR count). The van der Waals surface area contributed by atoms with Gasteiger partial charge in [-0.05, 0) is 0 Å². The van der Waals surface area contributed by atoms with E-state index in [4.69, 9.17) is 0 Å². The standard InChI is InChI=1S/2C8H11.2BrH.Hf/c2*1-6-4-5-7(2)8(6)3;;;/h2*4-5H,1-3H3;2*1H;/q2*-1;;;+4/p-2. The minimum atomic E-state index is 0. The first kappa shape index (κ1) is 24.5. The van der Waals surface area contributed by atoms with E-state index in [0.717, 1.165) is 0 Å². The van der Waals surface area contributed by atoms with Crippen LogP contribution in [0.25, 0.3) is 0 Å². The molecule has 0 radical (unpaired) electrons. The largest absolute Gasteiger partial charge is 4.00 e. The summed E-state index contributed by atoms with van der Waals surface area (Å²) in [5.41, 5.74) is 8.49. The van der Waals surface area contributed by atoms with Crippen LogP contribution >= 0.6 is 0 Å². The van der Waals surface area contributed by atoms with E-state index in [1.165, 1.54) is 33.4 Å². The average Bonchev–Trinajstić information content (AvgIpc) is 2.70. The van der Waals surface area contributed by atoms with Crippen LogP contribution in [0.5, 0.6) is 0 Å². The second kappa shape index (κ2) is 11.2. The van der Waals surface area contributed by atoms with Crippen molar-refractivity contribution in [3.05, 3.63) is 57.6 Å². The molecule has 2 aromatic carbocycles. The number of rotatable bonds is 0. The molecule has 0 saturated carbocycles. The summed E-state index contributed by atoms with van der Waals surface area (Å²) in [7, 11) is 0. The summed E-state index contributed by atoms with van der Waals surface area (Å²) in [6, 6.07) is 8.63. The van der Waals surface area contributed by atoms with E-state index in [9.17, 15) is 0 Å². The van der Waals surface area contributed by atoms with Gasteiger partial charge in [0.1, 0.15) is 0 Å². The van der Waals surface area contributed by atoms with Crippen molar-refractivity contribution in [3.8, 4) is 0 Å². The van der Waals surface area contributed by atoms with E-state index in [-0.39, 0.29) is 59.8 Å². The van der Waals surface area contributed by atoms with Gasteiger partial charge in [-0.15, -0.1) is 0 Å². The van der Waals surface area contributed by atoms with Crippen molar-refractivity contribution in [3.63, 3.8) is 0 Å². The van der Waals surface area contributed by atoms with E-state index in [2.05, 4.69) is 65.8 Å². The Morgan fingerprint density at radius 3 is 1.00 bits per heavy atom. The molecule has 2 aromatic rings. The average molecular weight is 553 g/mol. The Morgan fingerprint density at radius 1 is 0.684 bits per heavy atom. The smallest absolute Gasteiger partial charge is 1.00 e. The van der Waals surface area contributed by atoms with Gasteiger partial charge in [-0.1, -0.05) is 41.5 Å². The molecule has 0 aromatic heterocycles. The van der Waals surface area contributed by atoms with Crippen molar-refractivity contribution in [2.75, 3.05) is 0 Å². The predicted octanol–water partition coefficient (Wildman–Crippen LogP) is -1.33. The molecule has 0 aliphatic carbocycles. The fraction of sp³-hybridized carbons (Fsp3) is 0.375. The van der Waals surface area contributed by atoms with Gasteiger partial charge in [0.25, 0.3) is 0 Å². The number of hydrogen-bond donors (Lipinski definition) is 0. The van der Waals surface area contributed by atoms with Crippen molar-refractivity contribution in [1.29, 1.82) is 0 Å². The van der Waals surface area contributed by atoms with Gasteiger partial charge in [0.05, 0.1) is 0 Å². The molecule has 3 heteroatoms. The number of aryl methyl sites for hydroxylation is 4. The van der Waals surface area contributed by atoms with Crippen molar-refractivity contribution in [2.45, 2.75) is 41.5 Å². The zero-order valence-electron chi connectivity index (χ0n) is 12.6. The maximum absolute atomic E-state index is 2.16. The molecule has 104 valence electrons. The Bertz CT molecular complexity index is 384. The molecule has 0 spiro atoms. The molecule has 0 unspecified atom stereocenters. The summed E-state index contributed by atoms with van der Waals surface area (Å²) < 4.78 is 0. The van der Waals surface area contributed by atoms with Gasteiger partial charge < -0.3 is 34.0 Å². The van der Waals surface area contributed by atoms with Gasteiger partial charge in [-0.2, -0.15) is 45.5 Å². The van der Waals surface area contributed by atoms with E-state index in [1.807, 2.05) is 0 Å². The third kappa shape index (κ3) is 7.19. The van der Waals surface area contributed by atoms with Crippen LogP contribution in [0.15, 0.2) is 24.3 Å². The maximum atomic E-state index is 2.16. The van der Waals surface area contributed by atoms with Gasteiger partial charge >= 0.3 is 25.8 Å². The quantitative estimate of drug-likeness (QED) is 0.281. The summed E-state index contributed by atoms with van der Waals surface area (Å²) in [4.78, 5) is 0. The Hall–Kier alpha value is 0.530. The third-order valence-electron chi connectivity index (χ3n) is 3.53. The topological polar surface area (TPSA) is 0 Å². The van der Waals surface area contributed by atoms with Crippen LogP contribution in [0.2, 0.25) is 0 Å². The first-order valence-electron chi connectivity index (χ1n) is 5.82. The van der Waals surface area contributed by atoms with Gasteiger partial charge in [0.15, 0.2) is 0 Å². The minimum absolute atomic E-state index is 0. The van der Waals surface area contributed by atoms with E-state index in [0.29, 0.717) is 0 Å². The predicted molar refractivity (Wildman–Crippen MR) is 72.5 cm³/mol. The maximum Gasteiger partial charge on any atom is 4.00 e. The van der Waals surface area contributed by atoms with Gasteiger partial charge in [-0.3, -0.25) is 0 Å². The fourth-order valence-electron chi connectivity index (χ4n) is 1.62. The normalized spacial score (nSPS) is 8.32. The van der Waals surface area contributed by atoms with Crippen molar-refractivity contribution in [1.82, 2.24) is 0 Å². The second-order valence-corrected chi connectivity index (χ2v) is 4.65. The van der Waals surface area contributed by atoms with Gasteiger partial charge in [0, 0.05) is 0 Å². The molecule has 0 aliphatic rings. The first-order chi connectivity index (χ1) is 7.43. The van der Waals surface area contributed by atoms with Crippen LogP contribution in [0, 0.1) is 41.5 Å². The Labute approximate surface area is 158 Å². The Kier molecular flexibility index (Phi) is 14.5. The van der Waals surface area contributed by atoms with Crippen molar-refractivity contribution >= 4 is 0 Å². The third-order valence-corrected chi connectivity index (χ3v) is 3.53. The van der Waals surface area contributed by atoms with Crippen molar-refractivity contribution in [2.24, 2.45) is 0 Å². The molecule has 0 fully saturated rings. The zero-order chi connectivity index (χ0) is 12.3. The monoisotopic (exact) mass is 552 g/mol. The molecule has 0 N–H and O–H groups in total. The molecule has 0 atom stereocenters. The van der Waals surface area contributed by atoms with Crippen LogP contribution < -0.4 is 34.0 Å². The van der Waals surface area contributed by atoms with Crippen LogP contribution in [0.1, 0.15) is 33.4 Å². The van der Waals surface area contributed by atoms with E-state index < -0.39 is 0 Å². The van der Waals surface area contributed by atoms with Crippen LogP contribution in [-0.2, 0) is 25.8 Å². The SMILES string of the molecule is Cc1cc[c-](C)c1C.Cc1cc[c-](C)c1C.[Br-].[Br-].[Hf+4]. The molecule has 0 saturated heterocycles. The Balaban J connectivity index is -0.000000233. The Morgan fingerprint density at radius 2 is 0.947 bits per heavy atom. The summed E-state index contributed by atoms with van der Waals surface area (Å²) >= 11 is 0. The second-order valence-electron chi connectivity index (χ2n) is 4.65. The fourth-order valence-corrected chi connectivity index (χ4v) is 1.62. The van der Waals surface area contributed by atoms with Crippen LogP contribution in [-0.4, -0.2) is 0 Å². The molecular formula is C16H22Br2Hf. The number of halogens is 2. The molecule has 0 bridgehead atoms. The molecule has 0 nitrogen and oxygen atoms in total. The van der Waals surface area contributed by atoms with Crippen LogP contribution in [0.4, 0.5) is 0 Å². The number of hydrogen-bond acceptors (Lipinski definition) is 0. The van der Waals surface area contributed by atoms with Gasteiger partial charge in [0.2, 0.25) is 0 Å². The molecule has 0 heterocycles. The summed E-state index contributed by atoms with van der Waals surface area (Å²) in [6.45, 7) is 12.9. The minimum Gasteiger partial charge on any atom is -1.00 e. The molecule has 0 aliphatic heterocycles. The summed E-state index contributed by atoms with van der Waals surface area (Å²) in [5, 5.41) is 0. The molecular weight excluding hydrogens is 530 g/mol. The zero-order valence-corrected chi connectivity index (χ0v) is 19.3. The van der Waals surface area contributed by atoms with E-state index >= 15 is 0 Å². The first-order valence-corrected chi connectivity index (χ1v) is 5.82. The van der Waals surface area contributed by atoms with Crippen LogP contribution in [0.3, 0.4) is 0 Å². The summed E-state index contributed by atoms with van der Waals surface area (Å²) in [5.74, 6) is 0. The van der Waals surface area contributed by atoms with E-state index in [1.54, 1.807) is 0 Å². The molecule has 19 heavy (non-hydrogen) atoms.